The maximum atomic E-state index is 4.44. The molecule has 0 atom stereocenters. The molecule has 0 radical (unpaired) electrons. The quantitative estimate of drug-likeness (QED) is 0.565. The highest BCUT2D eigenvalue weighted by Gasteiger charge is 2.02. The molecule has 0 aliphatic heterocycles. The van der Waals surface area contributed by atoms with Crippen LogP contribution in [0.1, 0.15) is 6.42 Å². The van der Waals surface area contributed by atoms with Gasteiger partial charge in [0.2, 0.25) is 0 Å². The van der Waals surface area contributed by atoms with Crippen LogP contribution in [0.5, 0.6) is 0 Å². The fraction of sp³-hybridized carbons (Fsp3) is 0.158. The van der Waals surface area contributed by atoms with Gasteiger partial charge in [0.25, 0.3) is 0 Å². The molecule has 4 heteroatoms. The Bertz CT molecular complexity index is 937. The summed E-state index contributed by atoms with van der Waals surface area (Å²) in [6, 6.07) is 14.6. The lowest BCUT2D eigenvalue weighted by atomic mass is 10.2. The van der Waals surface area contributed by atoms with Crippen molar-refractivity contribution in [3.63, 3.8) is 0 Å². The average Bonchev–Trinajstić information content (AvgIpc) is 3.02. The topological polar surface area (TPSA) is 42.7 Å². The third-order valence-electron chi connectivity index (χ3n) is 4.08. The number of rotatable bonds is 5. The molecule has 0 aliphatic carbocycles. The fourth-order valence-electron chi connectivity index (χ4n) is 2.94. The Morgan fingerprint density at radius 2 is 1.87 bits per heavy atom. The number of benzene rings is 1. The first-order valence-corrected chi connectivity index (χ1v) is 7.88. The van der Waals surface area contributed by atoms with Crippen molar-refractivity contribution >= 4 is 27.5 Å². The van der Waals surface area contributed by atoms with Crippen LogP contribution >= 0.6 is 0 Å². The van der Waals surface area contributed by atoms with Crippen molar-refractivity contribution in [2.75, 3.05) is 11.9 Å². The van der Waals surface area contributed by atoms with Crippen molar-refractivity contribution in [2.45, 2.75) is 13.0 Å². The van der Waals surface area contributed by atoms with Crippen LogP contribution in [0.3, 0.4) is 0 Å². The van der Waals surface area contributed by atoms with Gasteiger partial charge in [-0.2, -0.15) is 0 Å². The number of hydrogen-bond donors (Lipinski definition) is 1. The van der Waals surface area contributed by atoms with E-state index in [0.29, 0.717) is 0 Å². The number of aromatic nitrogens is 3. The van der Waals surface area contributed by atoms with Crippen LogP contribution < -0.4 is 5.32 Å². The molecular weight excluding hydrogens is 284 g/mol. The van der Waals surface area contributed by atoms with E-state index in [1.807, 2.05) is 30.7 Å². The minimum atomic E-state index is 0.893. The number of pyridine rings is 2. The smallest absolute Gasteiger partial charge is 0.0964 e. The summed E-state index contributed by atoms with van der Waals surface area (Å²) in [5, 5.41) is 5.82. The van der Waals surface area contributed by atoms with Crippen molar-refractivity contribution in [3.05, 3.63) is 67.3 Å². The number of nitrogens with zero attached hydrogens (tertiary/aromatic N) is 3. The van der Waals surface area contributed by atoms with E-state index >= 15 is 0 Å². The Hall–Kier alpha value is -2.88. The zero-order chi connectivity index (χ0) is 15.5. The molecule has 0 unspecified atom stereocenters. The standard InChI is InChI=1S/C19H18N4/c1-2-7-18-15(5-1)8-12-23(18)11-4-10-21-17-14-20-13-16-6-3-9-22-19(16)17/h1-3,5-9,12-14,21H,4,10-11H2. The second kappa shape index (κ2) is 6.08. The van der Waals surface area contributed by atoms with Crippen molar-refractivity contribution in [2.24, 2.45) is 0 Å². The van der Waals surface area contributed by atoms with Crippen molar-refractivity contribution < 1.29 is 0 Å². The second-order valence-corrected chi connectivity index (χ2v) is 5.61. The minimum absolute atomic E-state index is 0.893. The highest BCUT2D eigenvalue weighted by Crippen LogP contribution is 2.19. The molecular formula is C19H18N4. The van der Waals surface area contributed by atoms with Crippen LogP contribution in [-0.4, -0.2) is 21.1 Å². The van der Waals surface area contributed by atoms with Gasteiger partial charge in [-0.1, -0.05) is 18.2 Å². The Balaban J connectivity index is 1.42. The van der Waals surface area contributed by atoms with Gasteiger partial charge in [0.05, 0.1) is 17.4 Å². The Labute approximate surface area is 134 Å². The monoisotopic (exact) mass is 302 g/mol. The molecule has 0 bridgehead atoms. The Morgan fingerprint density at radius 3 is 2.87 bits per heavy atom. The van der Waals surface area contributed by atoms with E-state index in [1.54, 1.807) is 0 Å². The van der Waals surface area contributed by atoms with E-state index in [1.165, 1.54) is 10.9 Å². The summed E-state index contributed by atoms with van der Waals surface area (Å²) in [5.74, 6) is 0. The molecule has 0 saturated heterocycles. The first-order valence-electron chi connectivity index (χ1n) is 7.88. The molecule has 23 heavy (non-hydrogen) atoms. The number of hydrogen-bond acceptors (Lipinski definition) is 3. The number of aryl methyl sites for hydroxylation is 1. The van der Waals surface area contributed by atoms with Crippen LogP contribution in [0.2, 0.25) is 0 Å². The van der Waals surface area contributed by atoms with E-state index in [0.717, 1.165) is 36.1 Å². The first kappa shape index (κ1) is 13.8. The summed E-state index contributed by atoms with van der Waals surface area (Å²) in [6.45, 7) is 1.88. The van der Waals surface area contributed by atoms with Gasteiger partial charge < -0.3 is 9.88 Å². The van der Waals surface area contributed by atoms with Gasteiger partial charge in [0, 0.05) is 42.6 Å². The van der Waals surface area contributed by atoms with Gasteiger partial charge in [-0.05, 0) is 36.1 Å². The summed E-state index contributed by atoms with van der Waals surface area (Å²) >= 11 is 0. The highest BCUT2D eigenvalue weighted by molar-refractivity contribution is 5.88. The number of anilines is 1. The van der Waals surface area contributed by atoms with Gasteiger partial charge in [-0.3, -0.25) is 9.97 Å². The normalized spacial score (nSPS) is 11.1. The van der Waals surface area contributed by atoms with Gasteiger partial charge in [0.15, 0.2) is 0 Å². The molecule has 4 rings (SSSR count). The molecule has 0 amide bonds. The number of para-hydroxylation sites is 1. The zero-order valence-electron chi connectivity index (χ0n) is 12.8. The summed E-state index contributed by atoms with van der Waals surface area (Å²) < 4.78 is 2.30. The molecule has 4 nitrogen and oxygen atoms in total. The second-order valence-electron chi connectivity index (χ2n) is 5.61. The van der Waals surface area contributed by atoms with Crippen LogP contribution in [-0.2, 0) is 6.54 Å². The fourth-order valence-corrected chi connectivity index (χ4v) is 2.94. The Kier molecular flexibility index (Phi) is 3.64. The molecule has 114 valence electrons. The molecule has 0 saturated carbocycles. The maximum absolute atomic E-state index is 4.44. The SMILES string of the molecule is c1cnc2c(NCCCn3ccc4ccccc43)cncc2c1. The molecule has 4 aromatic rings. The van der Waals surface area contributed by atoms with Crippen LogP contribution in [0.15, 0.2) is 67.3 Å². The van der Waals surface area contributed by atoms with E-state index in [4.69, 9.17) is 0 Å². The van der Waals surface area contributed by atoms with Gasteiger partial charge in [-0.15, -0.1) is 0 Å². The first-order chi connectivity index (χ1) is 11.4. The summed E-state index contributed by atoms with van der Waals surface area (Å²) in [4.78, 5) is 8.72. The van der Waals surface area contributed by atoms with E-state index in [2.05, 4.69) is 56.4 Å². The summed E-state index contributed by atoms with van der Waals surface area (Å²) in [7, 11) is 0. The van der Waals surface area contributed by atoms with E-state index < -0.39 is 0 Å². The number of fused-ring (bicyclic) bond motifs is 2. The predicted molar refractivity (Wildman–Crippen MR) is 94.6 cm³/mol. The Morgan fingerprint density at radius 1 is 0.957 bits per heavy atom. The molecule has 0 spiro atoms. The molecule has 0 fully saturated rings. The van der Waals surface area contributed by atoms with Crippen LogP contribution in [0, 0.1) is 0 Å². The van der Waals surface area contributed by atoms with Crippen molar-refractivity contribution in [1.82, 2.24) is 14.5 Å². The molecule has 1 aromatic carbocycles. The maximum Gasteiger partial charge on any atom is 0.0964 e. The minimum Gasteiger partial charge on any atom is -0.382 e. The lowest BCUT2D eigenvalue weighted by Gasteiger charge is -2.09. The summed E-state index contributed by atoms with van der Waals surface area (Å²) in [6.07, 6.45) is 8.72. The largest absolute Gasteiger partial charge is 0.382 e. The van der Waals surface area contributed by atoms with Crippen molar-refractivity contribution in [1.29, 1.82) is 0 Å². The molecule has 1 N–H and O–H groups in total. The summed E-state index contributed by atoms with van der Waals surface area (Å²) in [5.41, 5.74) is 3.27. The molecule has 3 aromatic heterocycles. The van der Waals surface area contributed by atoms with Crippen molar-refractivity contribution in [3.8, 4) is 0 Å². The van der Waals surface area contributed by atoms with Gasteiger partial charge in [-0.25, -0.2) is 0 Å². The van der Waals surface area contributed by atoms with Crippen LogP contribution in [0.25, 0.3) is 21.8 Å². The van der Waals surface area contributed by atoms with Gasteiger partial charge >= 0.3 is 0 Å². The lowest BCUT2D eigenvalue weighted by molar-refractivity contribution is 0.683. The molecule has 3 heterocycles. The molecule has 0 aliphatic rings. The van der Waals surface area contributed by atoms with Crippen LogP contribution in [0.4, 0.5) is 5.69 Å². The van der Waals surface area contributed by atoms with E-state index in [-0.39, 0.29) is 0 Å². The predicted octanol–water partition coefficient (Wildman–Crippen LogP) is 4.09. The average molecular weight is 302 g/mol. The van der Waals surface area contributed by atoms with Gasteiger partial charge in [0.1, 0.15) is 0 Å². The lowest BCUT2D eigenvalue weighted by Crippen LogP contribution is -2.07. The van der Waals surface area contributed by atoms with E-state index in [9.17, 15) is 0 Å². The number of nitrogens with one attached hydrogen (secondary N) is 1. The third kappa shape index (κ3) is 2.75. The zero-order valence-corrected chi connectivity index (χ0v) is 12.8. The third-order valence-corrected chi connectivity index (χ3v) is 4.08. The highest BCUT2D eigenvalue weighted by atomic mass is 15.0.